The van der Waals surface area contributed by atoms with Crippen molar-refractivity contribution in [3.63, 3.8) is 0 Å². The average Bonchev–Trinajstić information content (AvgIpc) is 3.24. The van der Waals surface area contributed by atoms with Crippen LogP contribution in [-0.4, -0.2) is 43.3 Å². The highest BCUT2D eigenvalue weighted by Crippen LogP contribution is 2.31. The largest absolute Gasteiger partial charge is 0.496 e. The molecule has 0 bridgehead atoms. The fourth-order valence-corrected chi connectivity index (χ4v) is 3.83. The second-order valence-corrected chi connectivity index (χ2v) is 7.28. The van der Waals surface area contributed by atoms with Crippen molar-refractivity contribution in [1.29, 1.82) is 0 Å². The molecular weight excluding hydrogens is 354 g/mol. The average molecular weight is 384 g/mol. The van der Waals surface area contributed by atoms with Crippen LogP contribution in [0.4, 0.5) is 0 Å². The molecule has 1 atom stereocenters. The molecule has 1 aliphatic heterocycles. The first-order chi connectivity index (χ1) is 13.3. The quantitative estimate of drug-likeness (QED) is 0.682. The fraction of sp³-hybridized carbons (Fsp3) is 0.409. The van der Waals surface area contributed by atoms with Gasteiger partial charge in [-0.05, 0) is 56.2 Å². The first-order valence-corrected chi connectivity index (χ1v) is 10.1. The summed E-state index contributed by atoms with van der Waals surface area (Å²) in [7, 11) is 1.74. The summed E-state index contributed by atoms with van der Waals surface area (Å²) in [4.78, 5) is 2.53. The van der Waals surface area contributed by atoms with Crippen molar-refractivity contribution < 1.29 is 4.74 Å². The highest BCUT2D eigenvalue weighted by atomic mass is 32.1. The predicted molar refractivity (Wildman–Crippen MR) is 115 cm³/mol. The summed E-state index contributed by atoms with van der Waals surface area (Å²) in [6.45, 7) is 3.85. The molecule has 1 heterocycles. The van der Waals surface area contributed by atoms with Crippen LogP contribution in [0.1, 0.15) is 30.0 Å². The topological polar surface area (TPSA) is 36.5 Å². The number of likely N-dealkylation sites (tertiary alicyclic amines) is 1. The van der Waals surface area contributed by atoms with E-state index in [0.717, 1.165) is 38.3 Å². The number of methoxy groups -OCH3 is 1. The predicted octanol–water partition coefficient (Wildman–Crippen LogP) is 3.54. The van der Waals surface area contributed by atoms with Gasteiger partial charge in [0.2, 0.25) is 0 Å². The Morgan fingerprint density at radius 1 is 1.04 bits per heavy atom. The molecule has 1 saturated heterocycles. The summed E-state index contributed by atoms with van der Waals surface area (Å²) in [5.41, 5.74) is 2.54. The van der Waals surface area contributed by atoms with Crippen molar-refractivity contribution in [1.82, 2.24) is 15.5 Å². The van der Waals surface area contributed by atoms with Crippen molar-refractivity contribution in [2.75, 3.05) is 33.3 Å². The molecule has 0 saturated carbocycles. The third-order valence-corrected chi connectivity index (χ3v) is 5.37. The van der Waals surface area contributed by atoms with E-state index in [9.17, 15) is 0 Å². The minimum atomic E-state index is 0.262. The van der Waals surface area contributed by atoms with E-state index in [4.69, 9.17) is 17.0 Å². The number of hydrogen-bond acceptors (Lipinski definition) is 3. The molecule has 0 radical (unpaired) electrons. The van der Waals surface area contributed by atoms with Crippen molar-refractivity contribution >= 4 is 17.3 Å². The molecule has 0 spiro atoms. The van der Waals surface area contributed by atoms with E-state index in [1.54, 1.807) is 7.11 Å². The smallest absolute Gasteiger partial charge is 0.166 e. The monoisotopic (exact) mass is 383 g/mol. The number of thiocarbonyl (C=S) groups is 1. The molecule has 0 amide bonds. The van der Waals surface area contributed by atoms with Crippen LogP contribution in [0.25, 0.3) is 0 Å². The number of ether oxygens (including phenoxy) is 1. The van der Waals surface area contributed by atoms with E-state index in [-0.39, 0.29) is 6.04 Å². The molecule has 3 rings (SSSR count). The van der Waals surface area contributed by atoms with Crippen LogP contribution in [0, 0.1) is 0 Å². The zero-order valence-corrected chi connectivity index (χ0v) is 16.8. The molecule has 1 aliphatic rings. The minimum Gasteiger partial charge on any atom is -0.496 e. The maximum atomic E-state index is 5.60. The molecule has 1 fully saturated rings. The van der Waals surface area contributed by atoms with E-state index >= 15 is 0 Å². The summed E-state index contributed by atoms with van der Waals surface area (Å²) in [6.07, 6.45) is 3.47. The molecule has 144 valence electrons. The van der Waals surface area contributed by atoms with Crippen molar-refractivity contribution in [3.8, 4) is 5.75 Å². The molecule has 2 aromatic carbocycles. The van der Waals surface area contributed by atoms with Crippen LogP contribution in [0.15, 0.2) is 54.6 Å². The van der Waals surface area contributed by atoms with Crippen LogP contribution < -0.4 is 15.4 Å². The Morgan fingerprint density at radius 3 is 2.48 bits per heavy atom. The lowest BCUT2D eigenvalue weighted by Crippen LogP contribution is -2.42. The van der Waals surface area contributed by atoms with Gasteiger partial charge in [-0.1, -0.05) is 48.5 Å². The van der Waals surface area contributed by atoms with Gasteiger partial charge in [0.1, 0.15) is 5.75 Å². The molecule has 0 aromatic heterocycles. The molecule has 2 N–H and O–H groups in total. The molecule has 4 nitrogen and oxygen atoms in total. The van der Waals surface area contributed by atoms with Crippen molar-refractivity contribution in [2.45, 2.75) is 25.3 Å². The first-order valence-electron chi connectivity index (χ1n) is 9.70. The number of para-hydroxylation sites is 1. The minimum absolute atomic E-state index is 0.262. The van der Waals surface area contributed by atoms with Gasteiger partial charge in [-0.3, -0.25) is 4.90 Å². The Balaban J connectivity index is 1.55. The highest BCUT2D eigenvalue weighted by molar-refractivity contribution is 7.80. The zero-order chi connectivity index (χ0) is 18.9. The van der Waals surface area contributed by atoms with Gasteiger partial charge < -0.3 is 15.4 Å². The molecule has 2 aromatic rings. The van der Waals surface area contributed by atoms with Crippen molar-refractivity contribution in [2.24, 2.45) is 0 Å². The van der Waals surface area contributed by atoms with E-state index in [2.05, 4.69) is 51.9 Å². The van der Waals surface area contributed by atoms with Crippen LogP contribution >= 0.6 is 12.2 Å². The van der Waals surface area contributed by atoms with E-state index in [1.807, 2.05) is 18.2 Å². The van der Waals surface area contributed by atoms with Crippen molar-refractivity contribution in [3.05, 3.63) is 65.7 Å². The summed E-state index contributed by atoms with van der Waals surface area (Å²) in [5.74, 6) is 0.944. The Hall–Kier alpha value is -2.11. The van der Waals surface area contributed by atoms with Gasteiger partial charge in [0.25, 0.3) is 0 Å². The summed E-state index contributed by atoms with van der Waals surface area (Å²) >= 11 is 5.50. The second kappa shape index (κ2) is 10.3. The number of nitrogens with one attached hydrogen (secondary N) is 2. The van der Waals surface area contributed by atoms with Gasteiger partial charge in [0.15, 0.2) is 5.11 Å². The summed E-state index contributed by atoms with van der Waals surface area (Å²) in [6, 6.07) is 19.0. The van der Waals surface area contributed by atoms with Gasteiger partial charge >= 0.3 is 0 Å². The maximum Gasteiger partial charge on any atom is 0.166 e. The van der Waals surface area contributed by atoms with Crippen LogP contribution in [0.5, 0.6) is 5.75 Å². The molecule has 0 unspecified atom stereocenters. The maximum absolute atomic E-state index is 5.60. The van der Waals surface area contributed by atoms with Crippen LogP contribution in [0.2, 0.25) is 0 Å². The highest BCUT2D eigenvalue weighted by Gasteiger charge is 2.25. The number of rotatable bonds is 8. The SMILES string of the molecule is COc1ccccc1[C@H](CNC(=S)NCCc1ccccc1)N1CCCC1. The first kappa shape index (κ1) is 19.6. The van der Waals surface area contributed by atoms with Gasteiger partial charge in [-0.2, -0.15) is 0 Å². The Bertz CT molecular complexity index is 717. The number of nitrogens with zero attached hydrogens (tertiary/aromatic N) is 1. The normalized spacial score (nSPS) is 15.3. The summed E-state index contributed by atoms with van der Waals surface area (Å²) < 4.78 is 5.60. The van der Waals surface area contributed by atoms with Crippen LogP contribution in [-0.2, 0) is 6.42 Å². The number of hydrogen-bond donors (Lipinski definition) is 2. The van der Waals surface area contributed by atoms with E-state index in [0.29, 0.717) is 5.11 Å². The van der Waals surface area contributed by atoms with E-state index < -0.39 is 0 Å². The lowest BCUT2D eigenvalue weighted by atomic mass is 10.0. The third kappa shape index (κ3) is 5.68. The molecule has 0 aliphatic carbocycles. The fourth-order valence-electron chi connectivity index (χ4n) is 3.65. The lowest BCUT2D eigenvalue weighted by Gasteiger charge is -2.29. The van der Waals surface area contributed by atoms with Gasteiger partial charge in [-0.25, -0.2) is 0 Å². The Labute approximate surface area is 167 Å². The van der Waals surface area contributed by atoms with Gasteiger partial charge in [-0.15, -0.1) is 0 Å². The Morgan fingerprint density at radius 2 is 1.74 bits per heavy atom. The molecule has 27 heavy (non-hydrogen) atoms. The molecular formula is C22H29N3OS. The second-order valence-electron chi connectivity index (χ2n) is 6.87. The van der Waals surface area contributed by atoms with Gasteiger partial charge in [0, 0.05) is 18.7 Å². The van der Waals surface area contributed by atoms with Gasteiger partial charge in [0.05, 0.1) is 13.2 Å². The third-order valence-electron chi connectivity index (χ3n) is 5.08. The number of benzene rings is 2. The zero-order valence-electron chi connectivity index (χ0n) is 16.0. The lowest BCUT2D eigenvalue weighted by molar-refractivity contribution is 0.239. The standard InChI is InChI=1S/C22H29N3OS/c1-26-21-12-6-5-11-19(21)20(25-15-7-8-16-25)17-24-22(27)23-14-13-18-9-3-2-4-10-18/h2-6,9-12,20H,7-8,13-17H2,1H3,(H2,23,24,27)/t20-/m0/s1. The van der Waals surface area contributed by atoms with E-state index in [1.165, 1.54) is 24.0 Å². The summed E-state index contributed by atoms with van der Waals surface area (Å²) in [5, 5.41) is 7.46. The van der Waals surface area contributed by atoms with Crippen LogP contribution in [0.3, 0.4) is 0 Å². The Kier molecular flexibility index (Phi) is 7.48. The molecule has 5 heteroatoms.